The van der Waals surface area contributed by atoms with Crippen molar-refractivity contribution in [3.63, 3.8) is 0 Å². The molecule has 0 amide bonds. The van der Waals surface area contributed by atoms with Crippen LogP contribution in [-0.2, 0) is 32.7 Å². The molecule has 166 valence electrons. The second-order valence-electron chi connectivity index (χ2n) is 7.57. The summed E-state index contributed by atoms with van der Waals surface area (Å²) in [7, 11) is 1.46. The Kier molecular flexibility index (Phi) is 13.6. The molecule has 0 aliphatic rings. The number of hydrogen-bond donors (Lipinski definition) is 1. The average molecular weight is 426 g/mol. The zero-order valence-electron chi connectivity index (χ0n) is 17.8. The molecule has 28 heavy (non-hydrogen) atoms. The van der Waals surface area contributed by atoms with Crippen molar-refractivity contribution in [3.8, 4) is 0 Å². The van der Waals surface area contributed by atoms with E-state index >= 15 is 0 Å². The third-order valence-electron chi connectivity index (χ3n) is 3.69. The number of likely N-dealkylation sites (N-methyl/N-ethyl adjacent to an activating group) is 1. The molecule has 0 saturated carbocycles. The van der Waals surface area contributed by atoms with Crippen LogP contribution in [0.2, 0.25) is 0 Å². The van der Waals surface area contributed by atoms with Gasteiger partial charge in [0.2, 0.25) is 0 Å². The summed E-state index contributed by atoms with van der Waals surface area (Å²) in [5, 5.41) is 0. The summed E-state index contributed by atoms with van der Waals surface area (Å²) in [4.78, 5) is 33.1. The molecule has 0 aliphatic carbocycles. The summed E-state index contributed by atoms with van der Waals surface area (Å²) >= 11 is 0. The van der Waals surface area contributed by atoms with Crippen molar-refractivity contribution in [1.29, 1.82) is 0 Å². The molecule has 0 aliphatic heterocycles. The molecule has 1 N–H and O–H groups in total. The van der Waals surface area contributed by atoms with Crippen LogP contribution in [0.3, 0.4) is 0 Å². The first-order chi connectivity index (χ1) is 13.0. The van der Waals surface area contributed by atoms with Crippen molar-refractivity contribution in [2.24, 2.45) is 0 Å². The van der Waals surface area contributed by atoms with Gasteiger partial charge in [0.1, 0.15) is 19.8 Å². The van der Waals surface area contributed by atoms with Crippen molar-refractivity contribution >= 4 is 19.8 Å². The first kappa shape index (κ1) is 27.0. The van der Waals surface area contributed by atoms with Crippen LogP contribution in [-0.4, -0.2) is 74.9 Å². The van der Waals surface area contributed by atoms with Crippen molar-refractivity contribution in [3.05, 3.63) is 0 Å². The van der Waals surface area contributed by atoms with Gasteiger partial charge < -0.3 is 18.9 Å². The molecule has 9 nitrogen and oxygen atoms in total. The molecular formula is C18H37NO8P+. The minimum atomic E-state index is -4.30. The maximum Gasteiger partial charge on any atom is 0.472 e. The predicted octanol–water partition coefficient (Wildman–Crippen LogP) is 2.66. The molecule has 0 bridgehead atoms. The Morgan fingerprint density at radius 2 is 1.68 bits per heavy atom. The highest BCUT2D eigenvalue weighted by molar-refractivity contribution is 7.47. The zero-order chi connectivity index (χ0) is 21.6. The van der Waals surface area contributed by atoms with Gasteiger partial charge in [-0.25, -0.2) is 4.57 Å². The van der Waals surface area contributed by atoms with Gasteiger partial charge in [0, 0.05) is 12.8 Å². The number of phosphoric acid groups is 1. The molecule has 0 aromatic carbocycles. The van der Waals surface area contributed by atoms with Gasteiger partial charge in [-0.1, -0.05) is 33.1 Å². The summed E-state index contributed by atoms with van der Waals surface area (Å²) in [5.41, 5.74) is 0. The lowest BCUT2D eigenvalue weighted by atomic mass is 10.2. The molecule has 10 heteroatoms. The summed E-state index contributed by atoms with van der Waals surface area (Å²) in [5.74, 6) is -0.925. The Bertz CT molecular complexity index is 506. The van der Waals surface area contributed by atoms with Crippen molar-refractivity contribution in [2.75, 3.05) is 47.5 Å². The number of unbranched alkanes of at least 4 members (excludes halogenated alkanes) is 3. The Hall–Kier alpha value is -0.990. The van der Waals surface area contributed by atoms with Gasteiger partial charge in [-0.2, -0.15) is 0 Å². The van der Waals surface area contributed by atoms with E-state index in [9.17, 15) is 19.0 Å². The maximum atomic E-state index is 12.0. The lowest BCUT2D eigenvalue weighted by Crippen LogP contribution is -2.37. The van der Waals surface area contributed by atoms with E-state index < -0.39 is 32.5 Å². The van der Waals surface area contributed by atoms with Crippen molar-refractivity contribution < 1.29 is 42.1 Å². The quantitative estimate of drug-likeness (QED) is 0.174. The highest BCUT2D eigenvalue weighted by Gasteiger charge is 2.26. The van der Waals surface area contributed by atoms with Gasteiger partial charge >= 0.3 is 19.8 Å². The minimum Gasteiger partial charge on any atom is -0.462 e. The molecule has 0 rings (SSSR count). The fraction of sp³-hybridized carbons (Fsp3) is 0.889. The zero-order valence-corrected chi connectivity index (χ0v) is 18.7. The largest absolute Gasteiger partial charge is 0.472 e. The Labute approximate surface area is 168 Å². The van der Waals surface area contributed by atoms with Crippen LogP contribution in [0.5, 0.6) is 0 Å². The van der Waals surface area contributed by atoms with E-state index in [4.69, 9.17) is 18.5 Å². The maximum absolute atomic E-state index is 12.0. The smallest absolute Gasteiger partial charge is 0.462 e. The number of phosphoric ester groups is 1. The van der Waals surface area contributed by atoms with E-state index in [0.29, 0.717) is 11.0 Å². The number of rotatable bonds is 16. The van der Waals surface area contributed by atoms with Gasteiger partial charge in [-0.15, -0.1) is 0 Å². The Balaban J connectivity index is 4.45. The number of ether oxygens (including phenoxy) is 2. The number of hydrogen-bond acceptors (Lipinski definition) is 7. The van der Waals surface area contributed by atoms with Gasteiger partial charge in [-0.3, -0.25) is 18.6 Å². The van der Waals surface area contributed by atoms with Crippen LogP contribution in [0.25, 0.3) is 0 Å². The molecule has 0 aromatic rings. The summed E-state index contributed by atoms with van der Waals surface area (Å²) in [6.45, 7) is 3.59. The van der Waals surface area contributed by atoms with E-state index in [1.54, 1.807) is 6.92 Å². The number of esters is 2. The van der Waals surface area contributed by atoms with Crippen molar-refractivity contribution in [2.45, 2.75) is 58.5 Å². The van der Waals surface area contributed by atoms with E-state index in [0.717, 1.165) is 25.7 Å². The van der Waals surface area contributed by atoms with Crippen LogP contribution in [0.4, 0.5) is 0 Å². The van der Waals surface area contributed by atoms with Crippen LogP contribution in [0.15, 0.2) is 0 Å². The first-order valence-electron chi connectivity index (χ1n) is 9.76. The normalized spacial score (nSPS) is 14.9. The van der Waals surface area contributed by atoms with Gasteiger partial charge in [0.15, 0.2) is 6.10 Å². The van der Waals surface area contributed by atoms with Crippen LogP contribution < -0.4 is 0 Å². The van der Waals surface area contributed by atoms with Gasteiger partial charge in [0.05, 0.1) is 27.7 Å². The number of nitrogens with zero attached hydrogens (tertiary/aromatic N) is 1. The Morgan fingerprint density at radius 3 is 2.25 bits per heavy atom. The van der Waals surface area contributed by atoms with E-state index in [1.165, 1.54) is 0 Å². The fourth-order valence-corrected chi connectivity index (χ4v) is 2.73. The molecule has 1 unspecified atom stereocenters. The van der Waals surface area contributed by atoms with Crippen LogP contribution in [0.1, 0.15) is 52.4 Å². The molecule has 0 aromatic heterocycles. The van der Waals surface area contributed by atoms with E-state index in [1.807, 2.05) is 21.1 Å². The lowest BCUT2D eigenvalue weighted by Gasteiger charge is -2.24. The minimum absolute atomic E-state index is 0.0312. The second-order valence-corrected chi connectivity index (χ2v) is 9.02. The number of carbonyl (C=O) groups is 2. The van der Waals surface area contributed by atoms with Crippen LogP contribution in [0, 0.1) is 0 Å². The molecule has 0 spiro atoms. The van der Waals surface area contributed by atoms with Gasteiger partial charge in [-0.05, 0) is 6.42 Å². The lowest BCUT2D eigenvalue weighted by molar-refractivity contribution is -0.870. The third-order valence-corrected chi connectivity index (χ3v) is 4.68. The SMILES string of the molecule is CCCCCCC(=O)OC[C@H](COP(=O)(O)OCC[N+](C)(C)C)OC(=O)CC. The first-order valence-corrected chi connectivity index (χ1v) is 11.3. The molecule has 0 fully saturated rings. The summed E-state index contributed by atoms with van der Waals surface area (Å²) < 4.78 is 32.6. The van der Waals surface area contributed by atoms with Crippen LogP contribution >= 0.6 is 7.82 Å². The molecule has 2 atom stereocenters. The van der Waals surface area contributed by atoms with E-state index in [2.05, 4.69) is 6.92 Å². The molecule has 0 saturated heterocycles. The average Bonchev–Trinajstić information content (AvgIpc) is 2.59. The third kappa shape index (κ3) is 16.0. The summed E-state index contributed by atoms with van der Waals surface area (Å²) in [6.07, 6.45) is 3.22. The monoisotopic (exact) mass is 426 g/mol. The number of carbonyl (C=O) groups excluding carboxylic acids is 2. The number of quaternary nitrogens is 1. The predicted molar refractivity (Wildman–Crippen MR) is 105 cm³/mol. The second kappa shape index (κ2) is 14.1. The standard InChI is InChI=1S/C18H36NO8P/c1-6-8-9-10-11-18(21)24-14-16(27-17(20)7-2)15-26-28(22,23)25-13-12-19(3,4)5/h16H,6-15H2,1-5H3/p+1/t16-/m1/s1. The summed E-state index contributed by atoms with van der Waals surface area (Å²) in [6, 6.07) is 0. The van der Waals surface area contributed by atoms with Crippen molar-refractivity contribution in [1.82, 2.24) is 0 Å². The molecule has 0 heterocycles. The van der Waals surface area contributed by atoms with Gasteiger partial charge in [0.25, 0.3) is 0 Å². The van der Waals surface area contributed by atoms with E-state index in [-0.39, 0.29) is 26.1 Å². The molecule has 0 radical (unpaired) electrons. The topological polar surface area (TPSA) is 108 Å². The highest BCUT2D eigenvalue weighted by atomic mass is 31.2. The highest BCUT2D eigenvalue weighted by Crippen LogP contribution is 2.43. The Morgan fingerprint density at radius 1 is 1.00 bits per heavy atom. The molecular weight excluding hydrogens is 389 g/mol. The fourth-order valence-electron chi connectivity index (χ4n) is 1.98.